The Balaban J connectivity index is 2.06. The fourth-order valence-corrected chi connectivity index (χ4v) is 1.55. The summed E-state index contributed by atoms with van der Waals surface area (Å²) in [6.45, 7) is 5.37. The monoisotopic (exact) mass is 229 g/mol. The summed E-state index contributed by atoms with van der Waals surface area (Å²) in [6, 6.07) is 0. The lowest BCUT2D eigenvalue weighted by molar-refractivity contribution is -0.151. The van der Waals surface area contributed by atoms with Crippen LogP contribution >= 0.6 is 0 Å². The molecule has 94 valence electrons. The third-order valence-electron chi connectivity index (χ3n) is 2.97. The standard InChI is InChI=1S/C12H23NO3/c1-3-4-7-15-8-9-16-11(14)12(2,13)10-5-6-10/h10H,3-9,13H2,1-2H3. The second-order valence-corrected chi connectivity index (χ2v) is 4.66. The molecule has 0 saturated heterocycles. The van der Waals surface area contributed by atoms with Crippen molar-refractivity contribution < 1.29 is 14.3 Å². The number of unbranched alkanes of at least 4 members (excludes halogenated alkanes) is 1. The molecule has 0 amide bonds. The number of nitrogens with two attached hydrogens (primary N) is 1. The summed E-state index contributed by atoms with van der Waals surface area (Å²) in [5.41, 5.74) is 5.11. The normalized spacial score (nSPS) is 19.2. The Kier molecular flexibility index (Phi) is 5.22. The first kappa shape index (κ1) is 13.5. The lowest BCUT2D eigenvalue weighted by atomic mass is 9.98. The highest BCUT2D eigenvalue weighted by atomic mass is 16.6. The molecule has 0 aromatic heterocycles. The van der Waals surface area contributed by atoms with Crippen LogP contribution in [0.1, 0.15) is 39.5 Å². The van der Waals surface area contributed by atoms with Gasteiger partial charge in [-0.05, 0) is 32.1 Å². The summed E-state index contributed by atoms with van der Waals surface area (Å²) in [6.07, 6.45) is 4.23. The summed E-state index contributed by atoms with van der Waals surface area (Å²) in [5, 5.41) is 0. The maximum absolute atomic E-state index is 11.6. The molecule has 1 unspecified atom stereocenters. The Hall–Kier alpha value is -0.610. The summed E-state index contributed by atoms with van der Waals surface area (Å²) >= 11 is 0. The fourth-order valence-electron chi connectivity index (χ4n) is 1.55. The van der Waals surface area contributed by atoms with Crippen molar-refractivity contribution >= 4 is 5.97 Å². The molecule has 1 rings (SSSR count). The molecule has 0 radical (unpaired) electrons. The molecular weight excluding hydrogens is 206 g/mol. The third kappa shape index (κ3) is 4.10. The molecule has 0 aromatic rings. The predicted molar refractivity (Wildman–Crippen MR) is 62.0 cm³/mol. The maximum Gasteiger partial charge on any atom is 0.326 e. The maximum atomic E-state index is 11.6. The average Bonchev–Trinajstić information content (AvgIpc) is 3.06. The van der Waals surface area contributed by atoms with Crippen LogP contribution in [0.4, 0.5) is 0 Å². The minimum absolute atomic E-state index is 0.297. The van der Waals surface area contributed by atoms with Gasteiger partial charge in [0.15, 0.2) is 0 Å². The molecule has 16 heavy (non-hydrogen) atoms. The largest absolute Gasteiger partial charge is 0.462 e. The third-order valence-corrected chi connectivity index (χ3v) is 2.97. The van der Waals surface area contributed by atoms with E-state index in [2.05, 4.69) is 6.92 Å². The number of hydrogen-bond donors (Lipinski definition) is 1. The molecule has 1 aliphatic rings. The van der Waals surface area contributed by atoms with E-state index in [1.807, 2.05) is 0 Å². The molecule has 1 atom stereocenters. The first-order chi connectivity index (χ1) is 7.59. The number of hydrogen-bond acceptors (Lipinski definition) is 4. The second kappa shape index (κ2) is 6.21. The van der Waals surface area contributed by atoms with E-state index in [0.29, 0.717) is 19.1 Å². The highest BCUT2D eigenvalue weighted by Crippen LogP contribution is 2.38. The Morgan fingerprint density at radius 2 is 2.06 bits per heavy atom. The highest BCUT2D eigenvalue weighted by Gasteiger charge is 2.45. The van der Waals surface area contributed by atoms with Gasteiger partial charge in [0.2, 0.25) is 0 Å². The van der Waals surface area contributed by atoms with Crippen LogP contribution in [0, 0.1) is 5.92 Å². The number of carbonyl (C=O) groups is 1. The van der Waals surface area contributed by atoms with Crippen LogP contribution in [-0.4, -0.2) is 31.3 Å². The van der Waals surface area contributed by atoms with Gasteiger partial charge in [0.1, 0.15) is 12.1 Å². The average molecular weight is 229 g/mol. The summed E-state index contributed by atoms with van der Waals surface area (Å²) in [5.74, 6) is 0.00935. The van der Waals surface area contributed by atoms with E-state index in [-0.39, 0.29) is 5.97 Å². The van der Waals surface area contributed by atoms with Gasteiger partial charge in [-0.1, -0.05) is 13.3 Å². The lowest BCUT2D eigenvalue weighted by Gasteiger charge is -2.21. The van der Waals surface area contributed by atoms with Crippen LogP contribution in [0.3, 0.4) is 0 Å². The van der Waals surface area contributed by atoms with Crippen molar-refractivity contribution in [2.75, 3.05) is 19.8 Å². The summed E-state index contributed by atoms with van der Waals surface area (Å²) < 4.78 is 10.4. The molecule has 1 saturated carbocycles. The van der Waals surface area contributed by atoms with Gasteiger partial charge in [0.25, 0.3) is 0 Å². The van der Waals surface area contributed by atoms with Crippen molar-refractivity contribution in [2.45, 2.75) is 45.1 Å². The lowest BCUT2D eigenvalue weighted by Crippen LogP contribution is -2.48. The van der Waals surface area contributed by atoms with Crippen LogP contribution in [0.15, 0.2) is 0 Å². The van der Waals surface area contributed by atoms with Crippen LogP contribution < -0.4 is 5.73 Å². The zero-order valence-corrected chi connectivity index (χ0v) is 10.3. The quantitative estimate of drug-likeness (QED) is 0.506. The minimum atomic E-state index is -0.802. The van der Waals surface area contributed by atoms with Crippen molar-refractivity contribution in [3.8, 4) is 0 Å². The Morgan fingerprint density at radius 1 is 1.38 bits per heavy atom. The molecule has 0 aromatic carbocycles. The fraction of sp³-hybridized carbons (Fsp3) is 0.917. The van der Waals surface area contributed by atoms with Crippen LogP contribution in [0.2, 0.25) is 0 Å². The predicted octanol–water partition coefficient (Wildman–Crippen LogP) is 1.47. The van der Waals surface area contributed by atoms with E-state index in [9.17, 15) is 4.79 Å². The van der Waals surface area contributed by atoms with E-state index in [1.54, 1.807) is 6.92 Å². The molecule has 0 spiro atoms. The number of ether oxygens (including phenoxy) is 2. The van der Waals surface area contributed by atoms with Gasteiger partial charge in [-0.3, -0.25) is 4.79 Å². The molecule has 0 aliphatic heterocycles. The van der Waals surface area contributed by atoms with Crippen molar-refractivity contribution in [1.29, 1.82) is 0 Å². The van der Waals surface area contributed by atoms with Gasteiger partial charge in [-0.2, -0.15) is 0 Å². The van der Waals surface area contributed by atoms with E-state index < -0.39 is 5.54 Å². The molecule has 4 heteroatoms. The molecule has 1 fully saturated rings. The Labute approximate surface area is 97.5 Å². The first-order valence-corrected chi connectivity index (χ1v) is 6.13. The molecule has 0 bridgehead atoms. The first-order valence-electron chi connectivity index (χ1n) is 6.13. The number of esters is 1. The highest BCUT2D eigenvalue weighted by molar-refractivity contribution is 5.80. The molecular formula is C12H23NO3. The molecule has 2 N–H and O–H groups in total. The van der Waals surface area contributed by atoms with Gasteiger partial charge in [0.05, 0.1) is 6.61 Å². The molecule has 4 nitrogen and oxygen atoms in total. The topological polar surface area (TPSA) is 61.5 Å². The minimum Gasteiger partial charge on any atom is -0.462 e. The van der Waals surface area contributed by atoms with E-state index in [4.69, 9.17) is 15.2 Å². The smallest absolute Gasteiger partial charge is 0.326 e. The zero-order valence-electron chi connectivity index (χ0n) is 10.3. The van der Waals surface area contributed by atoms with E-state index >= 15 is 0 Å². The van der Waals surface area contributed by atoms with Crippen molar-refractivity contribution in [2.24, 2.45) is 11.7 Å². The van der Waals surface area contributed by atoms with E-state index in [1.165, 1.54) is 0 Å². The van der Waals surface area contributed by atoms with Crippen LogP contribution in [0.25, 0.3) is 0 Å². The van der Waals surface area contributed by atoms with Gasteiger partial charge < -0.3 is 15.2 Å². The second-order valence-electron chi connectivity index (χ2n) is 4.66. The van der Waals surface area contributed by atoms with Crippen LogP contribution in [-0.2, 0) is 14.3 Å². The number of rotatable bonds is 8. The zero-order chi connectivity index (χ0) is 12.0. The Bertz CT molecular complexity index is 224. The Morgan fingerprint density at radius 3 is 2.62 bits per heavy atom. The van der Waals surface area contributed by atoms with Gasteiger partial charge >= 0.3 is 5.97 Å². The SMILES string of the molecule is CCCCOCCOC(=O)C(C)(N)C1CC1. The molecule has 0 heterocycles. The van der Waals surface area contributed by atoms with Gasteiger partial charge in [-0.15, -0.1) is 0 Å². The summed E-state index contributed by atoms with van der Waals surface area (Å²) in [4.78, 5) is 11.6. The van der Waals surface area contributed by atoms with Gasteiger partial charge in [0, 0.05) is 6.61 Å². The van der Waals surface area contributed by atoms with E-state index in [0.717, 1.165) is 32.3 Å². The summed E-state index contributed by atoms with van der Waals surface area (Å²) in [7, 11) is 0. The van der Waals surface area contributed by atoms with Crippen molar-refractivity contribution in [3.05, 3.63) is 0 Å². The number of carbonyl (C=O) groups excluding carboxylic acids is 1. The van der Waals surface area contributed by atoms with Crippen molar-refractivity contribution in [3.63, 3.8) is 0 Å². The van der Waals surface area contributed by atoms with Crippen LogP contribution in [0.5, 0.6) is 0 Å². The van der Waals surface area contributed by atoms with Gasteiger partial charge in [-0.25, -0.2) is 0 Å². The van der Waals surface area contributed by atoms with Crippen molar-refractivity contribution in [1.82, 2.24) is 0 Å². The molecule has 1 aliphatic carbocycles.